The van der Waals surface area contributed by atoms with Crippen LogP contribution in [0.25, 0.3) is 5.76 Å². The van der Waals surface area contributed by atoms with E-state index in [-0.39, 0.29) is 24.0 Å². The maximum absolute atomic E-state index is 13.3. The summed E-state index contributed by atoms with van der Waals surface area (Å²) in [6.07, 6.45) is 4.05. The van der Waals surface area contributed by atoms with E-state index in [9.17, 15) is 14.7 Å². The summed E-state index contributed by atoms with van der Waals surface area (Å²) < 4.78 is 11.4. The third-order valence-electron chi connectivity index (χ3n) is 6.30. The first kappa shape index (κ1) is 22.7. The number of rotatable bonds is 6. The van der Waals surface area contributed by atoms with Crippen LogP contribution in [0, 0.1) is 0 Å². The van der Waals surface area contributed by atoms with Gasteiger partial charge in [0.15, 0.2) is 0 Å². The Labute approximate surface area is 203 Å². The fourth-order valence-corrected chi connectivity index (χ4v) is 4.74. The minimum atomic E-state index is -0.771. The number of benzene rings is 2. The van der Waals surface area contributed by atoms with E-state index in [1.54, 1.807) is 36.7 Å². The molecule has 1 fully saturated rings. The van der Waals surface area contributed by atoms with Gasteiger partial charge >= 0.3 is 0 Å². The quantitative estimate of drug-likeness (QED) is 0.326. The van der Waals surface area contributed by atoms with Gasteiger partial charge in [0.25, 0.3) is 11.7 Å². The van der Waals surface area contributed by atoms with Crippen molar-refractivity contribution in [2.45, 2.75) is 39.0 Å². The second-order valence-corrected chi connectivity index (χ2v) is 8.74. The van der Waals surface area contributed by atoms with E-state index in [0.29, 0.717) is 29.9 Å². The Kier molecular flexibility index (Phi) is 5.99. The van der Waals surface area contributed by atoms with Crippen LogP contribution < -0.4 is 9.47 Å². The predicted molar refractivity (Wildman–Crippen MR) is 130 cm³/mol. The van der Waals surface area contributed by atoms with Crippen LogP contribution in [-0.4, -0.2) is 39.4 Å². The molecule has 1 aromatic heterocycles. The van der Waals surface area contributed by atoms with Crippen LogP contribution in [0.1, 0.15) is 42.1 Å². The Balaban J connectivity index is 1.63. The molecule has 0 radical (unpaired) electrons. The SMILES string of the molecule is CCOc1cccc([C@@H]2/C(=C(\O)c3ccc4c(c3)C[C@H](C)O4)C(=O)C(=O)N2Cc2ccncc2)c1. The van der Waals surface area contributed by atoms with Gasteiger partial charge in [-0.15, -0.1) is 0 Å². The van der Waals surface area contributed by atoms with Crippen molar-refractivity contribution in [3.05, 3.63) is 94.8 Å². The molecule has 178 valence electrons. The van der Waals surface area contributed by atoms with E-state index in [0.717, 1.165) is 16.9 Å². The summed E-state index contributed by atoms with van der Waals surface area (Å²) in [5.74, 6) is -0.173. The summed E-state index contributed by atoms with van der Waals surface area (Å²) in [5, 5.41) is 11.4. The third kappa shape index (κ3) is 4.25. The number of carbonyl (C=O) groups excluding carboxylic acids is 2. The number of Topliss-reactive ketones (excluding diaryl/α,β-unsaturated/α-hetero) is 1. The molecule has 0 saturated carbocycles. The van der Waals surface area contributed by atoms with Crippen molar-refractivity contribution in [3.63, 3.8) is 0 Å². The smallest absolute Gasteiger partial charge is 0.295 e. The van der Waals surface area contributed by atoms with Crippen LogP contribution in [0.15, 0.2) is 72.6 Å². The molecule has 2 aromatic carbocycles. The number of carbonyl (C=O) groups is 2. The maximum Gasteiger partial charge on any atom is 0.295 e. The van der Waals surface area contributed by atoms with Crippen LogP contribution in [0.2, 0.25) is 0 Å². The predicted octanol–water partition coefficient (Wildman–Crippen LogP) is 4.43. The second kappa shape index (κ2) is 9.25. The fourth-order valence-electron chi connectivity index (χ4n) is 4.74. The molecule has 1 saturated heterocycles. The molecule has 7 heteroatoms. The number of nitrogens with zero attached hydrogens (tertiary/aromatic N) is 2. The van der Waals surface area contributed by atoms with Crippen molar-refractivity contribution >= 4 is 17.4 Å². The summed E-state index contributed by atoms with van der Waals surface area (Å²) in [5.41, 5.74) is 3.02. The first-order chi connectivity index (χ1) is 17.0. The molecule has 1 N–H and O–H groups in total. The van der Waals surface area contributed by atoms with E-state index in [2.05, 4.69) is 4.98 Å². The molecule has 2 aliphatic heterocycles. The molecule has 0 aliphatic carbocycles. The molecule has 5 rings (SSSR count). The normalized spacial score (nSPS) is 20.6. The van der Waals surface area contributed by atoms with Gasteiger partial charge in [-0.1, -0.05) is 12.1 Å². The van der Waals surface area contributed by atoms with Gasteiger partial charge in [0, 0.05) is 30.9 Å². The monoisotopic (exact) mass is 470 g/mol. The molecule has 1 amide bonds. The zero-order chi connectivity index (χ0) is 24.5. The first-order valence-corrected chi connectivity index (χ1v) is 11.7. The number of aromatic nitrogens is 1. The van der Waals surface area contributed by atoms with Crippen LogP contribution in [0.5, 0.6) is 11.5 Å². The van der Waals surface area contributed by atoms with Crippen molar-refractivity contribution < 1.29 is 24.2 Å². The zero-order valence-corrected chi connectivity index (χ0v) is 19.6. The van der Waals surface area contributed by atoms with E-state index >= 15 is 0 Å². The highest BCUT2D eigenvalue weighted by Gasteiger charge is 2.46. The molecule has 7 nitrogen and oxygen atoms in total. The van der Waals surface area contributed by atoms with E-state index in [1.165, 1.54) is 4.90 Å². The highest BCUT2D eigenvalue weighted by molar-refractivity contribution is 6.46. The van der Waals surface area contributed by atoms with E-state index in [4.69, 9.17) is 9.47 Å². The standard InChI is InChI=1S/C28H26N2O5/c1-3-34-22-6-4-5-19(15-22)25-24(26(31)20-7-8-23-21(14-20)13-17(2)35-23)27(32)28(33)30(25)16-18-9-11-29-12-10-18/h4-12,14-15,17,25,31H,3,13,16H2,1-2H3/b26-24+/t17-,25+/m0/s1. The lowest BCUT2D eigenvalue weighted by atomic mass is 9.94. The molecular weight excluding hydrogens is 444 g/mol. The molecule has 3 heterocycles. The largest absolute Gasteiger partial charge is 0.507 e. The Morgan fingerprint density at radius 1 is 1.14 bits per heavy atom. The fraction of sp³-hybridized carbons (Fsp3) is 0.250. The van der Waals surface area contributed by atoms with E-state index in [1.807, 2.05) is 44.2 Å². The lowest BCUT2D eigenvalue weighted by Gasteiger charge is -2.25. The number of likely N-dealkylation sites (tertiary alicyclic amines) is 1. The van der Waals surface area contributed by atoms with Crippen molar-refractivity contribution in [1.29, 1.82) is 0 Å². The van der Waals surface area contributed by atoms with Crippen LogP contribution >= 0.6 is 0 Å². The Morgan fingerprint density at radius 2 is 1.94 bits per heavy atom. The lowest BCUT2D eigenvalue weighted by molar-refractivity contribution is -0.140. The topological polar surface area (TPSA) is 89.0 Å². The Morgan fingerprint density at radius 3 is 2.71 bits per heavy atom. The number of fused-ring (bicyclic) bond motifs is 1. The third-order valence-corrected chi connectivity index (χ3v) is 6.30. The summed E-state index contributed by atoms with van der Waals surface area (Å²) in [6.45, 7) is 4.55. The van der Waals surface area contributed by atoms with Gasteiger partial charge in [-0.25, -0.2) is 0 Å². The molecule has 2 atom stereocenters. The Bertz CT molecular complexity index is 1320. The van der Waals surface area contributed by atoms with Gasteiger partial charge in [0.2, 0.25) is 0 Å². The lowest BCUT2D eigenvalue weighted by Crippen LogP contribution is -2.29. The molecule has 0 bridgehead atoms. The zero-order valence-electron chi connectivity index (χ0n) is 19.6. The number of ketones is 1. The second-order valence-electron chi connectivity index (χ2n) is 8.74. The van der Waals surface area contributed by atoms with Gasteiger partial charge in [0.1, 0.15) is 23.4 Å². The molecule has 0 spiro atoms. The maximum atomic E-state index is 13.3. The minimum Gasteiger partial charge on any atom is -0.507 e. The van der Waals surface area contributed by atoms with Crippen molar-refractivity contribution in [3.8, 4) is 11.5 Å². The highest BCUT2D eigenvalue weighted by Crippen LogP contribution is 2.42. The number of amides is 1. The van der Waals surface area contributed by atoms with E-state index < -0.39 is 17.7 Å². The average molecular weight is 471 g/mol. The molecule has 35 heavy (non-hydrogen) atoms. The van der Waals surface area contributed by atoms with Crippen molar-refractivity contribution in [2.24, 2.45) is 0 Å². The van der Waals surface area contributed by atoms with Gasteiger partial charge in [0.05, 0.1) is 18.2 Å². The van der Waals surface area contributed by atoms with Crippen LogP contribution in [0.4, 0.5) is 0 Å². The van der Waals surface area contributed by atoms with Gasteiger partial charge in [-0.2, -0.15) is 0 Å². The highest BCUT2D eigenvalue weighted by atomic mass is 16.5. The van der Waals surface area contributed by atoms with Gasteiger partial charge < -0.3 is 19.5 Å². The van der Waals surface area contributed by atoms with Crippen molar-refractivity contribution in [1.82, 2.24) is 9.88 Å². The molecular formula is C28H26N2O5. The number of ether oxygens (including phenoxy) is 2. The first-order valence-electron chi connectivity index (χ1n) is 11.7. The number of aliphatic hydroxyl groups is 1. The minimum absolute atomic E-state index is 0.0506. The number of pyridine rings is 1. The summed E-state index contributed by atoms with van der Waals surface area (Å²) >= 11 is 0. The van der Waals surface area contributed by atoms with Crippen LogP contribution in [-0.2, 0) is 22.6 Å². The summed E-state index contributed by atoms with van der Waals surface area (Å²) in [6, 6.07) is 15.5. The van der Waals surface area contributed by atoms with Crippen molar-refractivity contribution in [2.75, 3.05) is 6.61 Å². The average Bonchev–Trinajstić information content (AvgIpc) is 3.35. The molecule has 2 aliphatic rings. The van der Waals surface area contributed by atoms with Gasteiger partial charge in [-0.05, 0) is 73.0 Å². The number of hydrogen-bond donors (Lipinski definition) is 1. The molecule has 0 unspecified atom stereocenters. The summed E-state index contributed by atoms with van der Waals surface area (Å²) in [4.78, 5) is 32.1. The summed E-state index contributed by atoms with van der Waals surface area (Å²) in [7, 11) is 0. The molecule has 3 aromatic rings. The van der Waals surface area contributed by atoms with Crippen LogP contribution in [0.3, 0.4) is 0 Å². The number of hydrogen-bond acceptors (Lipinski definition) is 6. The number of aliphatic hydroxyl groups excluding tert-OH is 1. The Hall–Kier alpha value is -4.13. The van der Waals surface area contributed by atoms with Gasteiger partial charge in [-0.3, -0.25) is 14.6 Å².